The van der Waals surface area contributed by atoms with Crippen LogP contribution in [0.25, 0.3) is 0 Å². The maximum atomic E-state index is 4.83. The Morgan fingerprint density at radius 2 is 1.97 bits per heavy atom. The van der Waals surface area contributed by atoms with Gasteiger partial charge in [-0.25, -0.2) is 4.99 Å². The summed E-state index contributed by atoms with van der Waals surface area (Å²) in [6.45, 7) is 15.9. The summed E-state index contributed by atoms with van der Waals surface area (Å²) in [6, 6.07) is 0.599. The van der Waals surface area contributed by atoms with Crippen LogP contribution in [0.1, 0.15) is 77.9 Å². The summed E-state index contributed by atoms with van der Waals surface area (Å²) in [7, 11) is 2.00. The number of guanidine groups is 1. The molecular formula is C22H44IN7. The van der Waals surface area contributed by atoms with Crippen molar-refractivity contribution in [2.24, 2.45) is 17.5 Å². The Labute approximate surface area is 200 Å². The van der Waals surface area contributed by atoms with Crippen molar-refractivity contribution >= 4 is 29.9 Å². The Morgan fingerprint density at radius 3 is 2.60 bits per heavy atom. The smallest absolute Gasteiger partial charge is 0.191 e. The van der Waals surface area contributed by atoms with Crippen molar-refractivity contribution in [1.82, 2.24) is 30.3 Å². The highest BCUT2D eigenvalue weighted by Crippen LogP contribution is 2.22. The van der Waals surface area contributed by atoms with E-state index >= 15 is 0 Å². The Hall–Kier alpha value is -0.900. The monoisotopic (exact) mass is 533 g/mol. The van der Waals surface area contributed by atoms with Crippen molar-refractivity contribution in [2.45, 2.75) is 85.7 Å². The van der Waals surface area contributed by atoms with Gasteiger partial charge in [0.1, 0.15) is 12.4 Å². The number of aromatic nitrogens is 3. The largest absolute Gasteiger partial charge is 0.356 e. The summed E-state index contributed by atoms with van der Waals surface area (Å²) in [5, 5.41) is 15.6. The first-order chi connectivity index (χ1) is 13.9. The van der Waals surface area contributed by atoms with Crippen LogP contribution in [0.5, 0.6) is 0 Å². The van der Waals surface area contributed by atoms with Crippen LogP contribution in [0, 0.1) is 12.3 Å². The van der Waals surface area contributed by atoms with Gasteiger partial charge in [-0.15, -0.1) is 34.2 Å². The maximum absolute atomic E-state index is 4.83. The number of halogens is 1. The number of hydrogen-bond donors (Lipinski definition) is 2. The number of nitrogens with zero attached hydrogens (tertiary/aromatic N) is 5. The lowest BCUT2D eigenvalue weighted by Gasteiger charge is -2.28. The number of likely N-dealkylation sites (N-methyl/N-ethyl adjacent to an activating group) is 1. The Morgan fingerprint density at radius 1 is 1.20 bits per heavy atom. The van der Waals surface area contributed by atoms with Crippen molar-refractivity contribution in [3.63, 3.8) is 0 Å². The molecule has 0 aromatic carbocycles. The molecular weight excluding hydrogens is 489 g/mol. The van der Waals surface area contributed by atoms with Crippen LogP contribution in [0.3, 0.4) is 0 Å². The van der Waals surface area contributed by atoms with Gasteiger partial charge >= 0.3 is 0 Å². The van der Waals surface area contributed by atoms with Gasteiger partial charge in [-0.05, 0) is 44.7 Å². The van der Waals surface area contributed by atoms with Crippen molar-refractivity contribution in [1.29, 1.82) is 0 Å². The maximum Gasteiger partial charge on any atom is 0.191 e. The number of hydrogen-bond acceptors (Lipinski definition) is 4. The molecule has 0 aliphatic carbocycles. The molecule has 1 atom stereocenters. The highest BCUT2D eigenvalue weighted by Gasteiger charge is 2.23. The first-order valence-electron chi connectivity index (χ1n) is 11.5. The molecule has 1 aromatic rings. The average molecular weight is 534 g/mol. The molecule has 2 heterocycles. The van der Waals surface area contributed by atoms with E-state index in [0.29, 0.717) is 12.6 Å². The van der Waals surface area contributed by atoms with Gasteiger partial charge in [-0.2, -0.15) is 0 Å². The summed E-state index contributed by atoms with van der Waals surface area (Å²) in [4.78, 5) is 7.39. The number of aliphatic imine (C=N–C) groups is 1. The molecule has 7 nitrogen and oxygen atoms in total. The van der Waals surface area contributed by atoms with Crippen LogP contribution in [-0.2, 0) is 13.6 Å². The standard InChI is InChI=1S/C22H43N7.HI/c1-7-9-10-13-22(4,5)17-25-21(23-15-19-12-11-14-29(19)8-2)24-16-20-27-26-18(3)28(20)6;/h19H,7-17H2,1-6H3,(H2,23,24,25);1H. The highest BCUT2D eigenvalue weighted by atomic mass is 127. The van der Waals surface area contributed by atoms with Gasteiger partial charge in [0.25, 0.3) is 0 Å². The quantitative estimate of drug-likeness (QED) is 0.196. The predicted molar refractivity (Wildman–Crippen MR) is 136 cm³/mol. The third kappa shape index (κ3) is 8.69. The van der Waals surface area contributed by atoms with E-state index in [1.54, 1.807) is 0 Å². The van der Waals surface area contributed by atoms with E-state index in [-0.39, 0.29) is 29.4 Å². The van der Waals surface area contributed by atoms with Crippen LogP contribution in [0.2, 0.25) is 0 Å². The lowest BCUT2D eigenvalue weighted by Crippen LogP contribution is -2.47. The van der Waals surface area contributed by atoms with E-state index in [1.165, 1.54) is 45.1 Å². The minimum absolute atomic E-state index is 0. The molecule has 0 spiro atoms. The summed E-state index contributed by atoms with van der Waals surface area (Å²) in [5.74, 6) is 2.69. The molecule has 2 rings (SSSR count). The fourth-order valence-electron chi connectivity index (χ4n) is 3.93. The second-order valence-electron chi connectivity index (χ2n) is 9.17. The lowest BCUT2D eigenvalue weighted by atomic mass is 9.87. The second kappa shape index (κ2) is 13.5. The number of likely N-dealkylation sites (tertiary alicyclic amines) is 1. The van der Waals surface area contributed by atoms with Gasteiger partial charge in [-0.3, -0.25) is 4.90 Å². The summed E-state index contributed by atoms with van der Waals surface area (Å²) >= 11 is 0. The molecule has 1 aliphatic heterocycles. The lowest BCUT2D eigenvalue weighted by molar-refractivity contribution is 0.266. The fraction of sp³-hybridized carbons (Fsp3) is 0.864. The van der Waals surface area contributed by atoms with E-state index in [0.717, 1.165) is 37.2 Å². The molecule has 0 radical (unpaired) electrons. The van der Waals surface area contributed by atoms with Gasteiger partial charge in [0.05, 0.1) is 0 Å². The molecule has 1 unspecified atom stereocenters. The summed E-state index contributed by atoms with van der Waals surface area (Å²) in [5.41, 5.74) is 0.252. The van der Waals surface area contributed by atoms with Crippen molar-refractivity contribution in [3.05, 3.63) is 11.6 Å². The topological polar surface area (TPSA) is 70.4 Å². The normalized spacial score (nSPS) is 17.8. The molecule has 1 aromatic heterocycles. The van der Waals surface area contributed by atoms with Crippen LogP contribution in [0.15, 0.2) is 4.99 Å². The van der Waals surface area contributed by atoms with Crippen LogP contribution in [-0.4, -0.2) is 57.8 Å². The molecule has 2 N–H and O–H groups in total. The predicted octanol–water partition coefficient (Wildman–Crippen LogP) is 3.87. The van der Waals surface area contributed by atoms with Crippen molar-refractivity contribution < 1.29 is 0 Å². The summed E-state index contributed by atoms with van der Waals surface area (Å²) < 4.78 is 2.01. The molecule has 1 aliphatic rings. The van der Waals surface area contributed by atoms with E-state index in [1.807, 2.05) is 18.5 Å². The van der Waals surface area contributed by atoms with Crippen LogP contribution in [0.4, 0.5) is 0 Å². The zero-order chi connectivity index (χ0) is 21.3. The molecule has 1 saturated heterocycles. The van der Waals surface area contributed by atoms with E-state index in [4.69, 9.17) is 4.99 Å². The van der Waals surface area contributed by atoms with E-state index in [2.05, 4.69) is 53.4 Å². The SMILES string of the molecule is CCCCCC(C)(C)CNC(=NCc1nnc(C)n1C)NCC1CCCN1CC.I. The first-order valence-corrected chi connectivity index (χ1v) is 11.5. The van der Waals surface area contributed by atoms with Gasteiger partial charge in [0, 0.05) is 26.2 Å². The number of nitrogens with one attached hydrogen (secondary N) is 2. The third-order valence-electron chi connectivity index (χ3n) is 6.16. The van der Waals surface area contributed by atoms with Crippen molar-refractivity contribution in [2.75, 3.05) is 26.2 Å². The molecule has 30 heavy (non-hydrogen) atoms. The fourth-order valence-corrected chi connectivity index (χ4v) is 3.93. The number of rotatable bonds is 11. The molecule has 0 saturated carbocycles. The molecule has 0 bridgehead atoms. The first kappa shape index (κ1) is 27.1. The summed E-state index contributed by atoms with van der Waals surface area (Å²) in [6.07, 6.45) is 7.65. The van der Waals surface area contributed by atoms with Gasteiger partial charge in [0.2, 0.25) is 0 Å². The van der Waals surface area contributed by atoms with Gasteiger partial charge < -0.3 is 15.2 Å². The molecule has 8 heteroatoms. The Balaban J connectivity index is 0.00000450. The second-order valence-corrected chi connectivity index (χ2v) is 9.17. The van der Waals surface area contributed by atoms with Gasteiger partial charge in [-0.1, -0.05) is 47.0 Å². The van der Waals surface area contributed by atoms with Crippen LogP contribution >= 0.6 is 24.0 Å². The third-order valence-corrected chi connectivity index (χ3v) is 6.16. The Bertz CT molecular complexity index is 641. The zero-order valence-corrected chi connectivity index (χ0v) is 22.3. The molecule has 174 valence electrons. The van der Waals surface area contributed by atoms with E-state index in [9.17, 15) is 0 Å². The van der Waals surface area contributed by atoms with E-state index < -0.39 is 0 Å². The molecule has 1 fully saturated rings. The average Bonchev–Trinajstić information content (AvgIpc) is 3.28. The highest BCUT2D eigenvalue weighted by molar-refractivity contribution is 14.0. The van der Waals surface area contributed by atoms with Gasteiger partial charge in [0.15, 0.2) is 11.8 Å². The van der Waals surface area contributed by atoms with Crippen LogP contribution < -0.4 is 10.6 Å². The zero-order valence-electron chi connectivity index (χ0n) is 20.0. The number of aryl methyl sites for hydroxylation is 1. The van der Waals surface area contributed by atoms with Crippen molar-refractivity contribution in [3.8, 4) is 0 Å². The minimum atomic E-state index is 0. The molecule has 0 amide bonds. The minimum Gasteiger partial charge on any atom is -0.356 e. The Kier molecular flexibility index (Phi) is 12.2. The number of unbranched alkanes of at least 4 members (excludes halogenated alkanes) is 2.